The minimum atomic E-state index is -5.65. The molecule has 4 rings (SSSR count). The first-order valence-corrected chi connectivity index (χ1v) is 14.2. The average Bonchev–Trinajstić information content (AvgIpc) is 3.22. The smallest absolute Gasteiger partial charge is 0.432 e. The number of carbonyl (C=O) groups excluding carboxylic acids is 4. The van der Waals surface area contributed by atoms with Crippen LogP contribution in [0, 0.1) is 46.8 Å². The van der Waals surface area contributed by atoms with Crippen molar-refractivity contribution in [1.82, 2.24) is 0 Å². The van der Waals surface area contributed by atoms with Gasteiger partial charge in [0.05, 0.1) is 0 Å². The van der Waals surface area contributed by atoms with Crippen LogP contribution in [0.4, 0.5) is 22.0 Å². The number of alkyl halides is 5. The number of ketones is 3. The second kappa shape index (κ2) is 11.6. The van der Waals surface area contributed by atoms with Gasteiger partial charge in [0.15, 0.2) is 0 Å². The standard InChI is InChI=1S/C26H33F5O8S/c1-12(3-8-21(35)37-23(25(27,28)29)26(30,31)40-39-38-36)17-6-7-18-22-16(11-20(34)24(17,18)2)15-5-4-14(32)9-13(15)10-19(22)33/h12-13,15-18,22-23,36H,3-11H2,1-2H3/p-1/t12?,13-,15-,16+,17+,18-,22+,23?,24+/m0/s1. The lowest BCUT2D eigenvalue weighted by Crippen LogP contribution is -2.56. The molecule has 0 aromatic carbocycles. The van der Waals surface area contributed by atoms with E-state index in [9.17, 15) is 46.4 Å². The molecule has 0 heterocycles. The van der Waals surface area contributed by atoms with Crippen LogP contribution in [0.2, 0.25) is 0 Å². The zero-order chi connectivity index (χ0) is 29.6. The maximum Gasteiger partial charge on any atom is 0.432 e. The van der Waals surface area contributed by atoms with Crippen molar-refractivity contribution < 1.29 is 60.5 Å². The van der Waals surface area contributed by atoms with Gasteiger partial charge < -0.3 is 9.99 Å². The Morgan fingerprint density at radius 2 is 1.77 bits per heavy atom. The summed E-state index contributed by atoms with van der Waals surface area (Å²) in [5.74, 6) is -2.29. The Hall–Kier alpha value is -1.64. The van der Waals surface area contributed by atoms with Crippen LogP contribution in [-0.2, 0) is 33.3 Å². The van der Waals surface area contributed by atoms with Crippen LogP contribution >= 0.6 is 12.0 Å². The summed E-state index contributed by atoms with van der Waals surface area (Å²) >= 11 is -1.22. The molecule has 4 aliphatic carbocycles. The molecule has 14 heteroatoms. The van der Waals surface area contributed by atoms with Crippen molar-refractivity contribution in [3.8, 4) is 0 Å². The predicted molar refractivity (Wildman–Crippen MR) is 125 cm³/mol. The monoisotopic (exact) mass is 599 g/mol. The second-order valence-electron chi connectivity index (χ2n) is 12.0. The third kappa shape index (κ3) is 5.82. The Balaban J connectivity index is 1.42. The van der Waals surface area contributed by atoms with Gasteiger partial charge in [-0.15, -0.1) is 0 Å². The van der Waals surface area contributed by atoms with Gasteiger partial charge in [0.2, 0.25) is 0 Å². The van der Waals surface area contributed by atoms with Gasteiger partial charge in [-0.25, -0.2) is 0 Å². The molecule has 0 N–H and O–H groups in total. The molecule has 0 spiro atoms. The van der Waals surface area contributed by atoms with E-state index < -0.39 is 47.4 Å². The minimum Gasteiger partial charge on any atom is -0.691 e. The third-order valence-electron chi connectivity index (χ3n) is 10.00. The normalized spacial score (nSPS) is 36.0. The van der Waals surface area contributed by atoms with Gasteiger partial charge in [-0.2, -0.15) is 26.3 Å². The topological polar surface area (TPSA) is 119 Å². The summed E-state index contributed by atoms with van der Waals surface area (Å²) in [4.78, 5) is 51.2. The van der Waals surface area contributed by atoms with Gasteiger partial charge in [-0.05, 0) is 61.2 Å². The van der Waals surface area contributed by atoms with E-state index in [1.54, 1.807) is 6.92 Å². The molecule has 226 valence electrons. The van der Waals surface area contributed by atoms with Crippen LogP contribution < -0.4 is 5.26 Å². The molecule has 0 aromatic rings. The first-order valence-electron chi connectivity index (χ1n) is 13.5. The van der Waals surface area contributed by atoms with E-state index in [-0.39, 0.29) is 71.6 Å². The zero-order valence-electron chi connectivity index (χ0n) is 22.0. The SMILES string of the molecule is CC(CCC(=O)OC(C(F)(F)F)C(F)(F)SOO[O-])[C@H]1CC[C@H]2[C@@H]3C(=O)C[C@@H]4CC(=O)CC[C@@H]4[C@H]3CC(=O)[C@]12C. The van der Waals surface area contributed by atoms with Gasteiger partial charge >= 0.3 is 17.4 Å². The number of carbonyl (C=O) groups is 4. The molecule has 4 fully saturated rings. The van der Waals surface area contributed by atoms with Crippen LogP contribution in [0.5, 0.6) is 0 Å². The number of hydrogen-bond donors (Lipinski definition) is 0. The number of halogens is 5. The molecule has 2 unspecified atom stereocenters. The van der Waals surface area contributed by atoms with Crippen molar-refractivity contribution in [2.45, 2.75) is 89.2 Å². The summed E-state index contributed by atoms with van der Waals surface area (Å²) in [6.07, 6.45) is -6.86. The Morgan fingerprint density at radius 1 is 1.07 bits per heavy atom. The lowest BCUT2D eigenvalue weighted by molar-refractivity contribution is -0.777. The number of hydrogen-bond acceptors (Lipinski definition) is 9. The lowest BCUT2D eigenvalue weighted by atomic mass is 9.48. The molecular weight excluding hydrogens is 567 g/mol. The third-order valence-corrected chi connectivity index (χ3v) is 10.6. The highest BCUT2D eigenvalue weighted by Crippen LogP contribution is 2.63. The summed E-state index contributed by atoms with van der Waals surface area (Å²) in [5.41, 5.74) is -0.856. The van der Waals surface area contributed by atoms with E-state index in [0.717, 1.165) is 0 Å². The maximum atomic E-state index is 13.9. The summed E-state index contributed by atoms with van der Waals surface area (Å²) < 4.78 is 74.7. The predicted octanol–water partition coefficient (Wildman–Crippen LogP) is 4.54. The van der Waals surface area contributed by atoms with E-state index >= 15 is 0 Å². The molecule has 4 saturated carbocycles. The van der Waals surface area contributed by atoms with Crippen molar-refractivity contribution in [2.24, 2.45) is 46.8 Å². The highest BCUT2D eigenvalue weighted by molar-refractivity contribution is 7.95. The molecule has 0 saturated heterocycles. The first kappa shape index (κ1) is 31.3. The number of ether oxygens (including phenoxy) is 1. The Bertz CT molecular complexity index is 1020. The summed E-state index contributed by atoms with van der Waals surface area (Å²) in [7, 11) is 0. The maximum absolute atomic E-state index is 13.9. The van der Waals surface area contributed by atoms with Gasteiger partial charge in [0.25, 0.3) is 6.10 Å². The lowest BCUT2D eigenvalue weighted by Gasteiger charge is -2.54. The van der Waals surface area contributed by atoms with Gasteiger partial charge in [-0.3, -0.25) is 24.2 Å². The van der Waals surface area contributed by atoms with Gasteiger partial charge in [0, 0.05) is 43.4 Å². The van der Waals surface area contributed by atoms with Gasteiger partial charge in [0.1, 0.15) is 29.4 Å². The van der Waals surface area contributed by atoms with E-state index in [0.29, 0.717) is 38.5 Å². The minimum absolute atomic E-state index is 0.0139. The van der Waals surface area contributed by atoms with Crippen LogP contribution in [-0.4, -0.2) is 40.9 Å². The van der Waals surface area contributed by atoms with E-state index in [4.69, 9.17) is 0 Å². The highest BCUT2D eigenvalue weighted by atomic mass is 32.2. The fourth-order valence-corrected chi connectivity index (χ4v) is 8.66. The van der Waals surface area contributed by atoms with Crippen LogP contribution in [0.25, 0.3) is 0 Å². The van der Waals surface area contributed by atoms with Crippen molar-refractivity contribution in [2.75, 3.05) is 0 Å². The summed E-state index contributed by atoms with van der Waals surface area (Å²) in [5, 5.41) is 7.60. The fourth-order valence-electron chi connectivity index (χ4n) is 8.27. The molecular formula is C26H32F5O8S-. The van der Waals surface area contributed by atoms with Gasteiger partial charge in [-0.1, -0.05) is 13.8 Å². The Labute approximate surface area is 232 Å². The summed E-state index contributed by atoms with van der Waals surface area (Å²) in [6, 6.07) is 0. The first-order chi connectivity index (χ1) is 18.6. The van der Waals surface area contributed by atoms with Crippen molar-refractivity contribution in [3.05, 3.63) is 0 Å². The molecule has 0 radical (unpaired) electrons. The number of rotatable bonds is 9. The molecule has 0 bridgehead atoms. The van der Waals surface area contributed by atoms with E-state index in [1.165, 1.54) is 0 Å². The molecule has 0 amide bonds. The number of Topliss-reactive ketones (excluding diaryl/α,β-unsaturated/α-hetero) is 3. The molecule has 40 heavy (non-hydrogen) atoms. The molecule has 0 aliphatic heterocycles. The van der Waals surface area contributed by atoms with Crippen molar-refractivity contribution in [3.63, 3.8) is 0 Å². The number of esters is 1. The largest absolute Gasteiger partial charge is 0.691 e. The number of fused-ring (bicyclic) bond motifs is 5. The van der Waals surface area contributed by atoms with Crippen molar-refractivity contribution in [1.29, 1.82) is 0 Å². The Kier molecular flexibility index (Phi) is 9.05. The second-order valence-corrected chi connectivity index (χ2v) is 12.8. The molecule has 0 aromatic heterocycles. The van der Waals surface area contributed by atoms with E-state index in [2.05, 4.69) is 14.1 Å². The average molecular weight is 600 g/mol. The van der Waals surface area contributed by atoms with Crippen LogP contribution in [0.15, 0.2) is 0 Å². The van der Waals surface area contributed by atoms with Crippen LogP contribution in [0.3, 0.4) is 0 Å². The zero-order valence-corrected chi connectivity index (χ0v) is 22.9. The summed E-state index contributed by atoms with van der Waals surface area (Å²) in [6.45, 7) is 3.59. The highest BCUT2D eigenvalue weighted by Gasteiger charge is 2.64. The molecule has 8 nitrogen and oxygen atoms in total. The molecule has 4 aliphatic rings. The Morgan fingerprint density at radius 3 is 2.42 bits per heavy atom. The quantitative estimate of drug-likeness (QED) is 0.124. The van der Waals surface area contributed by atoms with Crippen LogP contribution in [0.1, 0.15) is 71.6 Å². The van der Waals surface area contributed by atoms with Crippen molar-refractivity contribution >= 4 is 35.4 Å². The van der Waals surface area contributed by atoms with E-state index in [1.807, 2.05) is 6.92 Å². The fraction of sp³-hybridized carbons (Fsp3) is 0.846. The molecule has 9 atom stereocenters.